The molecule has 6 heteroatoms. The zero-order chi connectivity index (χ0) is 12.8. The van der Waals surface area contributed by atoms with Gasteiger partial charge in [-0.25, -0.2) is 0 Å². The number of hydrogen-bond donors (Lipinski definition) is 0. The van der Waals surface area contributed by atoms with Crippen LogP contribution in [0.3, 0.4) is 0 Å². The molecule has 1 aromatic carbocycles. The monoisotopic (exact) mass is 265 g/mol. The van der Waals surface area contributed by atoms with Crippen LogP contribution in [0.4, 0.5) is 22.0 Å². The summed E-state index contributed by atoms with van der Waals surface area (Å²) in [6.45, 7) is 1.76. The Kier molecular flexibility index (Phi) is 2.65. The summed E-state index contributed by atoms with van der Waals surface area (Å²) in [5, 5.41) is 3.63. The highest BCUT2D eigenvalue weighted by Crippen LogP contribution is 2.44. The van der Waals surface area contributed by atoms with Crippen molar-refractivity contribution in [3.8, 4) is 0 Å². The van der Waals surface area contributed by atoms with Gasteiger partial charge in [-0.3, -0.25) is 0 Å². The van der Waals surface area contributed by atoms with E-state index in [1.54, 1.807) is 6.92 Å². The Hall–Kier alpha value is -1.17. The molecule has 0 aliphatic carbocycles. The Morgan fingerprint density at radius 1 is 1.12 bits per heavy atom. The van der Waals surface area contributed by atoms with Crippen molar-refractivity contribution in [2.45, 2.75) is 19.0 Å². The number of rotatable bonds is 1. The quantitative estimate of drug-likeness (QED) is 0.657. The van der Waals surface area contributed by atoms with E-state index < -0.39 is 17.7 Å². The van der Waals surface area contributed by atoms with Gasteiger partial charge in [0.1, 0.15) is 0 Å². The standard InChI is InChI=1S/C11H6F5S/c1-6-9-3-2-8(4-7(9)5-17-6)10(12,13)11(14,15)16/h2-4H,1H3. The molecule has 17 heavy (non-hydrogen) atoms. The number of fused-ring (bicyclic) bond motifs is 1. The van der Waals surface area contributed by atoms with Crippen LogP contribution in [0.25, 0.3) is 10.8 Å². The lowest BCUT2D eigenvalue weighted by Crippen LogP contribution is -2.33. The largest absolute Gasteiger partial charge is 0.458 e. The molecule has 1 heterocycles. The van der Waals surface area contributed by atoms with E-state index >= 15 is 0 Å². The van der Waals surface area contributed by atoms with Crippen LogP contribution < -0.4 is 0 Å². The van der Waals surface area contributed by atoms with Gasteiger partial charge in [0.05, 0.1) is 5.38 Å². The summed E-state index contributed by atoms with van der Waals surface area (Å²) in [5.41, 5.74) is -1.05. The molecule has 0 spiro atoms. The maximum atomic E-state index is 13.1. The number of aryl methyl sites for hydroxylation is 1. The van der Waals surface area contributed by atoms with E-state index in [2.05, 4.69) is 5.38 Å². The average Bonchev–Trinajstić information content (AvgIpc) is 2.58. The molecule has 0 saturated carbocycles. The molecule has 0 bridgehead atoms. The maximum absolute atomic E-state index is 13.1. The number of thiophene rings is 1. The predicted octanol–water partition coefficient (Wildman–Crippen LogP) is 4.66. The zero-order valence-electron chi connectivity index (χ0n) is 8.53. The fraction of sp³-hybridized carbons (Fsp3) is 0.273. The molecule has 2 aromatic rings. The summed E-state index contributed by atoms with van der Waals surface area (Å²) in [6.07, 6.45) is -5.58. The van der Waals surface area contributed by atoms with Gasteiger partial charge in [-0.2, -0.15) is 22.0 Å². The minimum absolute atomic E-state index is 0.286. The molecule has 0 fully saturated rings. The Labute approximate surface area is 97.7 Å². The van der Waals surface area contributed by atoms with Gasteiger partial charge in [-0.05, 0) is 18.4 Å². The molecule has 0 nitrogen and oxygen atoms in total. The molecule has 0 unspecified atom stereocenters. The van der Waals surface area contributed by atoms with Gasteiger partial charge in [0.15, 0.2) is 0 Å². The van der Waals surface area contributed by atoms with E-state index in [1.165, 1.54) is 17.4 Å². The normalized spacial score (nSPS) is 13.3. The smallest absolute Gasteiger partial charge is 0.191 e. The first-order chi connectivity index (χ1) is 7.73. The lowest BCUT2D eigenvalue weighted by Gasteiger charge is -2.19. The zero-order valence-corrected chi connectivity index (χ0v) is 9.35. The van der Waals surface area contributed by atoms with Gasteiger partial charge >= 0.3 is 12.1 Å². The first kappa shape index (κ1) is 12.3. The second kappa shape index (κ2) is 3.66. The molecule has 91 valence electrons. The first-order valence-corrected chi connectivity index (χ1v) is 5.41. The third kappa shape index (κ3) is 1.90. The van der Waals surface area contributed by atoms with E-state index in [0.29, 0.717) is 5.39 Å². The molecule has 0 amide bonds. The van der Waals surface area contributed by atoms with Crippen molar-refractivity contribution < 1.29 is 22.0 Å². The molecule has 2 rings (SSSR count). The Morgan fingerprint density at radius 3 is 2.35 bits per heavy atom. The van der Waals surface area contributed by atoms with E-state index in [1.807, 2.05) is 0 Å². The lowest BCUT2D eigenvalue weighted by molar-refractivity contribution is -0.289. The summed E-state index contributed by atoms with van der Waals surface area (Å²) in [5.74, 6) is -4.83. The van der Waals surface area contributed by atoms with Gasteiger partial charge in [-0.1, -0.05) is 12.1 Å². The molecule has 0 aliphatic heterocycles. The van der Waals surface area contributed by atoms with E-state index in [9.17, 15) is 22.0 Å². The van der Waals surface area contributed by atoms with Crippen molar-refractivity contribution in [2.75, 3.05) is 0 Å². The van der Waals surface area contributed by atoms with Crippen molar-refractivity contribution in [2.24, 2.45) is 0 Å². The third-order valence-corrected chi connectivity index (χ3v) is 3.28. The van der Waals surface area contributed by atoms with Gasteiger partial charge < -0.3 is 0 Å². The maximum Gasteiger partial charge on any atom is 0.458 e. The number of halogens is 5. The van der Waals surface area contributed by atoms with Crippen LogP contribution in [0.5, 0.6) is 0 Å². The fourth-order valence-electron chi connectivity index (χ4n) is 1.48. The fourth-order valence-corrected chi connectivity index (χ4v) is 2.20. The van der Waals surface area contributed by atoms with Crippen molar-refractivity contribution in [1.82, 2.24) is 0 Å². The van der Waals surface area contributed by atoms with Gasteiger partial charge in [0, 0.05) is 15.8 Å². The summed E-state index contributed by atoms with van der Waals surface area (Å²) in [6, 6.07) is 2.92. The van der Waals surface area contributed by atoms with Crippen LogP contribution in [0.2, 0.25) is 0 Å². The summed E-state index contributed by atoms with van der Waals surface area (Å²) < 4.78 is 62.6. The molecule has 0 N–H and O–H groups in total. The van der Waals surface area contributed by atoms with E-state index in [-0.39, 0.29) is 5.39 Å². The molecule has 1 radical (unpaired) electrons. The molecule has 0 atom stereocenters. The first-order valence-electron chi connectivity index (χ1n) is 4.59. The van der Waals surface area contributed by atoms with E-state index in [4.69, 9.17) is 0 Å². The minimum atomic E-state index is -5.58. The topological polar surface area (TPSA) is 0 Å². The van der Waals surface area contributed by atoms with Crippen molar-refractivity contribution in [3.05, 3.63) is 34.0 Å². The van der Waals surface area contributed by atoms with Crippen molar-refractivity contribution in [3.63, 3.8) is 0 Å². The van der Waals surface area contributed by atoms with Gasteiger partial charge in [-0.15, -0.1) is 11.3 Å². The van der Waals surface area contributed by atoms with Crippen LogP contribution in [0, 0.1) is 12.3 Å². The third-order valence-electron chi connectivity index (χ3n) is 2.43. The van der Waals surface area contributed by atoms with Crippen molar-refractivity contribution in [1.29, 1.82) is 0 Å². The van der Waals surface area contributed by atoms with Crippen LogP contribution in [0.15, 0.2) is 18.2 Å². The average molecular weight is 265 g/mol. The predicted molar refractivity (Wildman–Crippen MR) is 55.3 cm³/mol. The lowest BCUT2D eigenvalue weighted by atomic mass is 10.0. The minimum Gasteiger partial charge on any atom is -0.191 e. The van der Waals surface area contributed by atoms with E-state index in [0.717, 1.165) is 17.0 Å². The molecular formula is C11H6F5S. The highest BCUT2D eigenvalue weighted by atomic mass is 32.1. The Balaban J connectivity index is 2.57. The molecule has 0 saturated heterocycles. The highest BCUT2D eigenvalue weighted by molar-refractivity contribution is 7.11. The van der Waals surface area contributed by atoms with Crippen molar-refractivity contribution >= 4 is 22.1 Å². The Morgan fingerprint density at radius 2 is 1.76 bits per heavy atom. The molecule has 0 aliphatic rings. The van der Waals surface area contributed by atoms with Crippen LogP contribution in [-0.2, 0) is 5.92 Å². The second-order valence-electron chi connectivity index (χ2n) is 3.59. The highest BCUT2D eigenvalue weighted by Gasteiger charge is 2.58. The number of hydrogen-bond acceptors (Lipinski definition) is 1. The summed E-state index contributed by atoms with van der Waals surface area (Å²) >= 11 is 1.19. The molecule has 1 aromatic heterocycles. The second-order valence-corrected chi connectivity index (χ2v) is 4.61. The number of benzene rings is 1. The summed E-state index contributed by atoms with van der Waals surface area (Å²) in [4.78, 5) is 0.835. The molecular weight excluding hydrogens is 259 g/mol. The van der Waals surface area contributed by atoms with Gasteiger partial charge in [0.25, 0.3) is 0 Å². The van der Waals surface area contributed by atoms with Crippen LogP contribution >= 0.6 is 11.3 Å². The number of alkyl halides is 5. The summed E-state index contributed by atoms with van der Waals surface area (Å²) in [7, 11) is 0. The van der Waals surface area contributed by atoms with Crippen LogP contribution in [-0.4, -0.2) is 6.18 Å². The van der Waals surface area contributed by atoms with Crippen LogP contribution in [0.1, 0.15) is 10.4 Å². The SMILES string of the molecule is Cc1s[c]c2cc(C(F)(F)C(F)(F)F)ccc12. The van der Waals surface area contributed by atoms with Gasteiger partial charge in [0.2, 0.25) is 0 Å². The Bertz CT molecular complexity index is 552.